The summed E-state index contributed by atoms with van der Waals surface area (Å²) in [5.41, 5.74) is 3.79. The monoisotopic (exact) mass is 220 g/mol. The largest absolute Gasteiger partial charge is 0.374 e. The number of hydrogen-bond acceptors (Lipinski definition) is 4. The average Bonchev–Trinajstić information content (AvgIpc) is 2.59. The van der Waals surface area contributed by atoms with Gasteiger partial charge in [0, 0.05) is 12.3 Å². The summed E-state index contributed by atoms with van der Waals surface area (Å²) >= 11 is 0. The highest BCUT2D eigenvalue weighted by Crippen LogP contribution is 2.19. The molecular weight excluding hydrogens is 204 g/mol. The number of nitrogens with zero attached hydrogens (tertiary/aromatic N) is 3. The number of hydrogen-bond donors (Lipinski definition) is 1. The first kappa shape index (κ1) is 10.9. The van der Waals surface area contributed by atoms with Gasteiger partial charge in [-0.2, -0.15) is 0 Å². The molecule has 2 aromatic rings. The zero-order valence-electron chi connectivity index (χ0n) is 9.82. The molecule has 16 heavy (non-hydrogen) atoms. The minimum absolute atomic E-state index is 0.431. The number of rotatable bonds is 3. The Morgan fingerprint density at radius 3 is 2.88 bits per heavy atom. The molecule has 0 atom stereocenters. The van der Waals surface area contributed by atoms with E-state index in [4.69, 9.17) is 10.6 Å². The molecule has 0 aliphatic rings. The van der Waals surface area contributed by atoms with Gasteiger partial charge in [-0.3, -0.25) is 4.98 Å². The van der Waals surface area contributed by atoms with Gasteiger partial charge in [0.05, 0.1) is 11.7 Å². The lowest BCUT2D eigenvalue weighted by molar-refractivity contribution is 0.127. The van der Waals surface area contributed by atoms with Crippen molar-refractivity contribution in [1.29, 1.82) is 0 Å². The van der Waals surface area contributed by atoms with Crippen LogP contribution in [0.25, 0.3) is 11.0 Å². The van der Waals surface area contributed by atoms with Crippen LogP contribution >= 0.6 is 0 Å². The van der Waals surface area contributed by atoms with Crippen molar-refractivity contribution in [3.05, 3.63) is 23.3 Å². The predicted molar refractivity (Wildman–Crippen MR) is 62.5 cm³/mol. The molecule has 0 radical (unpaired) electrons. The first-order chi connectivity index (χ1) is 7.65. The molecule has 0 fully saturated rings. The van der Waals surface area contributed by atoms with Gasteiger partial charge in [-0.1, -0.05) is 0 Å². The van der Waals surface area contributed by atoms with Crippen molar-refractivity contribution in [3.8, 4) is 0 Å². The number of aryl methyl sites for hydroxylation is 2. The summed E-state index contributed by atoms with van der Waals surface area (Å²) in [5.74, 6) is 6.72. The van der Waals surface area contributed by atoms with Crippen LogP contribution in [0.5, 0.6) is 0 Å². The Morgan fingerprint density at radius 1 is 1.44 bits per heavy atom. The lowest BCUT2D eigenvalue weighted by Gasteiger charge is -2.04. The standard InChI is InChI=1S/C11H16N4O/c1-4-16-6-10-14-9-5-13-8(3)7(2)11(9)15(10)12/h5H,4,6,12H2,1-3H3. The molecule has 2 aromatic heterocycles. The summed E-state index contributed by atoms with van der Waals surface area (Å²) in [5, 5.41) is 0. The highest BCUT2D eigenvalue weighted by Gasteiger charge is 2.12. The number of pyridine rings is 1. The SMILES string of the molecule is CCOCc1nc2cnc(C)c(C)c2n1N. The van der Waals surface area contributed by atoms with Crippen LogP contribution in [0.4, 0.5) is 0 Å². The first-order valence-electron chi connectivity index (χ1n) is 5.31. The van der Waals surface area contributed by atoms with E-state index < -0.39 is 0 Å². The van der Waals surface area contributed by atoms with E-state index in [1.54, 1.807) is 10.9 Å². The quantitative estimate of drug-likeness (QED) is 0.792. The summed E-state index contributed by atoms with van der Waals surface area (Å²) in [6.07, 6.45) is 1.75. The van der Waals surface area contributed by atoms with E-state index in [1.807, 2.05) is 20.8 Å². The first-order valence-corrected chi connectivity index (χ1v) is 5.31. The molecule has 5 nitrogen and oxygen atoms in total. The molecule has 0 aromatic carbocycles. The van der Waals surface area contributed by atoms with Gasteiger partial charge in [0.25, 0.3) is 0 Å². The van der Waals surface area contributed by atoms with Crippen LogP contribution in [-0.2, 0) is 11.3 Å². The maximum absolute atomic E-state index is 6.00. The maximum atomic E-state index is 6.00. The molecule has 0 saturated carbocycles. The summed E-state index contributed by atoms with van der Waals surface area (Å²) in [6.45, 7) is 6.99. The molecule has 2 N–H and O–H groups in total. The van der Waals surface area contributed by atoms with Gasteiger partial charge in [-0.15, -0.1) is 0 Å². The van der Waals surface area contributed by atoms with E-state index >= 15 is 0 Å². The maximum Gasteiger partial charge on any atom is 0.154 e. The van der Waals surface area contributed by atoms with Crippen LogP contribution in [0.2, 0.25) is 0 Å². The molecule has 0 aliphatic carbocycles. The minimum Gasteiger partial charge on any atom is -0.374 e. The Morgan fingerprint density at radius 2 is 2.19 bits per heavy atom. The van der Waals surface area contributed by atoms with E-state index in [0.717, 1.165) is 28.1 Å². The fourth-order valence-corrected chi connectivity index (χ4v) is 1.68. The summed E-state index contributed by atoms with van der Waals surface area (Å²) in [6, 6.07) is 0. The second kappa shape index (κ2) is 4.09. The second-order valence-electron chi connectivity index (χ2n) is 3.74. The third kappa shape index (κ3) is 1.63. The Hall–Kier alpha value is -1.62. The molecule has 0 bridgehead atoms. The molecule has 0 aliphatic heterocycles. The van der Waals surface area contributed by atoms with Gasteiger partial charge in [0.1, 0.15) is 12.1 Å². The molecule has 5 heteroatoms. The fraction of sp³-hybridized carbons (Fsp3) is 0.455. The van der Waals surface area contributed by atoms with Crippen molar-refractivity contribution in [2.75, 3.05) is 12.4 Å². The summed E-state index contributed by atoms with van der Waals surface area (Å²) in [4.78, 5) is 8.67. The van der Waals surface area contributed by atoms with Gasteiger partial charge < -0.3 is 10.6 Å². The molecule has 86 valence electrons. The molecule has 2 heterocycles. The smallest absolute Gasteiger partial charge is 0.154 e. The van der Waals surface area contributed by atoms with E-state index in [0.29, 0.717) is 13.2 Å². The van der Waals surface area contributed by atoms with Crippen molar-refractivity contribution >= 4 is 11.0 Å². The van der Waals surface area contributed by atoms with Crippen molar-refractivity contribution in [1.82, 2.24) is 14.6 Å². The van der Waals surface area contributed by atoms with Crippen LogP contribution in [0.3, 0.4) is 0 Å². The van der Waals surface area contributed by atoms with Gasteiger partial charge in [-0.05, 0) is 26.3 Å². The van der Waals surface area contributed by atoms with Crippen molar-refractivity contribution in [2.45, 2.75) is 27.4 Å². The lowest BCUT2D eigenvalue weighted by Crippen LogP contribution is -2.14. The average molecular weight is 220 g/mol. The van der Waals surface area contributed by atoms with Crippen molar-refractivity contribution in [2.24, 2.45) is 0 Å². The zero-order valence-corrected chi connectivity index (χ0v) is 9.82. The van der Waals surface area contributed by atoms with E-state index in [-0.39, 0.29) is 0 Å². The van der Waals surface area contributed by atoms with Crippen molar-refractivity contribution < 1.29 is 4.74 Å². The number of ether oxygens (including phenoxy) is 1. The zero-order chi connectivity index (χ0) is 11.7. The Kier molecular flexibility index (Phi) is 2.78. The molecule has 0 saturated heterocycles. The summed E-state index contributed by atoms with van der Waals surface area (Å²) in [7, 11) is 0. The van der Waals surface area contributed by atoms with Crippen LogP contribution in [0, 0.1) is 13.8 Å². The number of nitrogen functional groups attached to an aromatic ring is 1. The third-order valence-corrected chi connectivity index (χ3v) is 2.72. The Bertz CT molecular complexity index is 518. The van der Waals surface area contributed by atoms with Gasteiger partial charge in [-0.25, -0.2) is 9.66 Å². The topological polar surface area (TPSA) is 66.0 Å². The van der Waals surface area contributed by atoms with E-state index in [9.17, 15) is 0 Å². The third-order valence-electron chi connectivity index (χ3n) is 2.72. The highest BCUT2D eigenvalue weighted by molar-refractivity contribution is 5.79. The Labute approximate surface area is 94.2 Å². The molecule has 0 unspecified atom stereocenters. The Balaban J connectivity index is 2.55. The number of fused-ring (bicyclic) bond motifs is 1. The van der Waals surface area contributed by atoms with Crippen LogP contribution < -0.4 is 5.84 Å². The molecule has 0 spiro atoms. The van der Waals surface area contributed by atoms with Gasteiger partial charge in [0.15, 0.2) is 5.82 Å². The van der Waals surface area contributed by atoms with Crippen LogP contribution in [-0.4, -0.2) is 21.3 Å². The fourth-order valence-electron chi connectivity index (χ4n) is 1.68. The minimum atomic E-state index is 0.431. The number of imidazole rings is 1. The van der Waals surface area contributed by atoms with Gasteiger partial charge in [0.2, 0.25) is 0 Å². The molecule has 2 rings (SSSR count). The number of aromatic nitrogens is 3. The highest BCUT2D eigenvalue weighted by atomic mass is 16.5. The van der Waals surface area contributed by atoms with Crippen LogP contribution in [0.15, 0.2) is 6.20 Å². The van der Waals surface area contributed by atoms with Crippen LogP contribution in [0.1, 0.15) is 24.0 Å². The van der Waals surface area contributed by atoms with Crippen molar-refractivity contribution in [3.63, 3.8) is 0 Å². The second-order valence-corrected chi connectivity index (χ2v) is 3.74. The predicted octanol–water partition coefficient (Wildman–Crippen LogP) is 1.30. The molecule has 0 amide bonds. The van der Waals surface area contributed by atoms with E-state index in [2.05, 4.69) is 9.97 Å². The summed E-state index contributed by atoms with van der Waals surface area (Å²) < 4.78 is 6.91. The number of nitrogens with two attached hydrogens (primary N) is 1. The van der Waals surface area contributed by atoms with E-state index in [1.165, 1.54) is 0 Å². The lowest BCUT2D eigenvalue weighted by atomic mass is 10.2. The normalized spacial score (nSPS) is 11.2. The molecular formula is C11H16N4O. The van der Waals surface area contributed by atoms with Gasteiger partial charge >= 0.3 is 0 Å².